The minimum Gasteiger partial charge on any atom is -0.472 e. The highest BCUT2D eigenvalue weighted by Gasteiger charge is 2.01. The quantitative estimate of drug-likeness (QED) is 0.263. The predicted octanol–water partition coefficient (Wildman–Crippen LogP) is 6.71. The van der Waals surface area contributed by atoms with Gasteiger partial charge in [0.15, 0.2) is 0 Å². The first-order valence-corrected chi connectivity index (χ1v) is 10.4. The van der Waals surface area contributed by atoms with Gasteiger partial charge < -0.3 is 9.73 Å². The van der Waals surface area contributed by atoms with Gasteiger partial charge in [-0.15, -0.1) is 0 Å². The van der Waals surface area contributed by atoms with Crippen molar-refractivity contribution < 1.29 is 9.21 Å². The van der Waals surface area contributed by atoms with Gasteiger partial charge >= 0.3 is 0 Å². The molecule has 0 bridgehead atoms. The molecular weight excluding hydrogens is 322 g/mol. The van der Waals surface area contributed by atoms with Crippen LogP contribution < -0.4 is 5.32 Å². The van der Waals surface area contributed by atoms with Crippen molar-refractivity contribution in [3.8, 4) is 0 Å². The Labute approximate surface area is 159 Å². The van der Waals surface area contributed by atoms with Gasteiger partial charge in [0, 0.05) is 18.5 Å². The fourth-order valence-electron chi connectivity index (χ4n) is 2.78. The van der Waals surface area contributed by atoms with E-state index in [9.17, 15) is 4.79 Å². The minimum absolute atomic E-state index is 0.136. The Morgan fingerprint density at radius 1 is 0.962 bits per heavy atom. The first-order valence-electron chi connectivity index (χ1n) is 10.4. The number of nitrogens with one attached hydrogen (secondary N) is 1. The summed E-state index contributed by atoms with van der Waals surface area (Å²) in [6.45, 7) is 2.81. The molecular formula is C23H37NO2. The maximum atomic E-state index is 11.7. The molecule has 146 valence electrons. The zero-order chi connectivity index (χ0) is 18.7. The lowest BCUT2D eigenvalue weighted by Crippen LogP contribution is -2.21. The third kappa shape index (κ3) is 13.5. The van der Waals surface area contributed by atoms with Crippen molar-refractivity contribution in [3.63, 3.8) is 0 Å². The summed E-state index contributed by atoms with van der Waals surface area (Å²) in [6, 6.07) is 1.87. The normalized spacial score (nSPS) is 11.6. The van der Waals surface area contributed by atoms with Gasteiger partial charge in [-0.25, -0.2) is 0 Å². The second kappa shape index (κ2) is 16.7. The Kier molecular flexibility index (Phi) is 14.3. The van der Waals surface area contributed by atoms with E-state index in [0.29, 0.717) is 13.0 Å². The van der Waals surface area contributed by atoms with Crippen LogP contribution in [0.1, 0.15) is 89.5 Å². The summed E-state index contributed by atoms with van der Waals surface area (Å²) in [5.74, 6) is 0.136. The van der Waals surface area contributed by atoms with Crippen molar-refractivity contribution in [1.82, 2.24) is 5.32 Å². The van der Waals surface area contributed by atoms with Crippen molar-refractivity contribution in [2.75, 3.05) is 0 Å². The predicted molar refractivity (Wildman–Crippen MR) is 110 cm³/mol. The molecule has 3 nitrogen and oxygen atoms in total. The van der Waals surface area contributed by atoms with Gasteiger partial charge in [-0.2, -0.15) is 0 Å². The van der Waals surface area contributed by atoms with Crippen LogP contribution in [0.2, 0.25) is 0 Å². The second-order valence-electron chi connectivity index (χ2n) is 6.89. The first kappa shape index (κ1) is 22.3. The van der Waals surface area contributed by atoms with E-state index in [0.717, 1.165) is 24.8 Å². The Morgan fingerprint density at radius 3 is 2.35 bits per heavy atom. The molecule has 0 atom stereocenters. The summed E-state index contributed by atoms with van der Waals surface area (Å²) in [5.41, 5.74) is 1.01. The number of furan rings is 1. The molecule has 0 aliphatic rings. The molecule has 0 unspecified atom stereocenters. The van der Waals surface area contributed by atoms with Crippen LogP contribution in [0.5, 0.6) is 0 Å². The highest BCUT2D eigenvalue weighted by molar-refractivity contribution is 5.75. The number of carbonyl (C=O) groups excluding carboxylic acids is 1. The fourth-order valence-corrected chi connectivity index (χ4v) is 2.78. The summed E-state index contributed by atoms with van der Waals surface area (Å²) >= 11 is 0. The summed E-state index contributed by atoms with van der Waals surface area (Å²) in [4.78, 5) is 11.7. The lowest BCUT2D eigenvalue weighted by atomic mass is 10.1. The highest BCUT2D eigenvalue weighted by Crippen LogP contribution is 2.08. The molecule has 1 rings (SSSR count). The fraction of sp³-hybridized carbons (Fsp3) is 0.609. The lowest BCUT2D eigenvalue weighted by molar-refractivity contribution is -0.121. The van der Waals surface area contributed by atoms with Crippen LogP contribution in [0.15, 0.2) is 47.3 Å². The van der Waals surface area contributed by atoms with Crippen molar-refractivity contribution in [1.29, 1.82) is 0 Å². The van der Waals surface area contributed by atoms with Gasteiger partial charge in [-0.1, -0.05) is 63.3 Å². The Balaban J connectivity index is 1.82. The van der Waals surface area contributed by atoms with Crippen LogP contribution in [-0.2, 0) is 11.3 Å². The first-order chi connectivity index (χ1) is 12.8. The van der Waals surface area contributed by atoms with E-state index >= 15 is 0 Å². The SMILES string of the molecule is CCCCCC=CCC=CCCCCCCCC(=O)NCc1ccoc1. The smallest absolute Gasteiger partial charge is 0.220 e. The number of hydrogen-bond acceptors (Lipinski definition) is 2. The van der Waals surface area contributed by atoms with E-state index in [-0.39, 0.29) is 5.91 Å². The third-order valence-electron chi connectivity index (χ3n) is 4.42. The Morgan fingerprint density at radius 2 is 1.65 bits per heavy atom. The Bertz CT molecular complexity index is 488. The molecule has 1 N–H and O–H groups in total. The number of hydrogen-bond donors (Lipinski definition) is 1. The number of unbranched alkanes of at least 4 members (excludes halogenated alkanes) is 8. The number of rotatable bonds is 16. The van der Waals surface area contributed by atoms with Gasteiger partial charge in [0.25, 0.3) is 0 Å². The van der Waals surface area contributed by atoms with Gasteiger partial charge in [0.05, 0.1) is 12.5 Å². The number of allylic oxidation sites excluding steroid dienone is 4. The van der Waals surface area contributed by atoms with Gasteiger partial charge in [0.1, 0.15) is 0 Å². The summed E-state index contributed by atoms with van der Waals surface area (Å²) in [6.07, 6.45) is 26.4. The average molecular weight is 360 g/mol. The average Bonchev–Trinajstić information content (AvgIpc) is 3.17. The van der Waals surface area contributed by atoms with E-state index in [2.05, 4.69) is 36.5 Å². The zero-order valence-electron chi connectivity index (χ0n) is 16.6. The zero-order valence-corrected chi connectivity index (χ0v) is 16.6. The van der Waals surface area contributed by atoms with Gasteiger partial charge in [0.2, 0.25) is 5.91 Å². The molecule has 0 aliphatic heterocycles. The number of carbonyl (C=O) groups is 1. The highest BCUT2D eigenvalue weighted by atomic mass is 16.3. The molecule has 0 aliphatic carbocycles. The van der Waals surface area contributed by atoms with Crippen molar-refractivity contribution in [2.24, 2.45) is 0 Å². The molecule has 1 amide bonds. The van der Waals surface area contributed by atoms with Crippen LogP contribution in [0.25, 0.3) is 0 Å². The van der Waals surface area contributed by atoms with E-state index in [1.165, 1.54) is 51.4 Å². The molecule has 3 heteroatoms. The maximum Gasteiger partial charge on any atom is 0.220 e. The molecule has 0 fully saturated rings. The standard InChI is InChI=1S/C23H37NO2/c1-2-3-4-5-6-7-8-9-10-11-12-13-14-15-16-17-23(25)24-20-22-18-19-26-21-22/h6-7,9-10,18-19,21H,2-5,8,11-17,20H2,1H3,(H,24,25). The van der Waals surface area contributed by atoms with E-state index < -0.39 is 0 Å². The molecule has 0 aromatic carbocycles. The largest absolute Gasteiger partial charge is 0.472 e. The third-order valence-corrected chi connectivity index (χ3v) is 4.42. The Hall–Kier alpha value is -1.77. The topological polar surface area (TPSA) is 42.2 Å². The van der Waals surface area contributed by atoms with Crippen molar-refractivity contribution in [3.05, 3.63) is 48.5 Å². The molecule has 0 saturated heterocycles. The van der Waals surface area contributed by atoms with Crippen molar-refractivity contribution >= 4 is 5.91 Å². The lowest BCUT2D eigenvalue weighted by Gasteiger charge is -2.03. The monoisotopic (exact) mass is 359 g/mol. The van der Waals surface area contributed by atoms with E-state index in [1.54, 1.807) is 12.5 Å². The van der Waals surface area contributed by atoms with Gasteiger partial charge in [-0.05, 0) is 44.6 Å². The van der Waals surface area contributed by atoms with Gasteiger partial charge in [-0.3, -0.25) is 4.79 Å². The summed E-state index contributed by atoms with van der Waals surface area (Å²) < 4.78 is 4.98. The molecule has 1 aromatic rings. The van der Waals surface area contributed by atoms with Crippen LogP contribution >= 0.6 is 0 Å². The van der Waals surface area contributed by atoms with E-state index in [1.807, 2.05) is 6.07 Å². The van der Waals surface area contributed by atoms with Crippen molar-refractivity contribution in [2.45, 2.75) is 90.5 Å². The summed E-state index contributed by atoms with van der Waals surface area (Å²) in [5, 5.41) is 2.92. The molecule has 1 heterocycles. The van der Waals surface area contributed by atoms with Crippen LogP contribution in [0, 0.1) is 0 Å². The second-order valence-corrected chi connectivity index (χ2v) is 6.89. The van der Waals surface area contributed by atoms with Crippen LogP contribution in [-0.4, -0.2) is 5.91 Å². The molecule has 26 heavy (non-hydrogen) atoms. The number of amides is 1. The molecule has 0 radical (unpaired) electrons. The minimum atomic E-state index is 0.136. The van der Waals surface area contributed by atoms with E-state index in [4.69, 9.17) is 4.42 Å². The van der Waals surface area contributed by atoms with Crippen LogP contribution in [0.3, 0.4) is 0 Å². The molecule has 0 saturated carbocycles. The molecule has 0 spiro atoms. The summed E-state index contributed by atoms with van der Waals surface area (Å²) in [7, 11) is 0. The molecule has 1 aromatic heterocycles. The maximum absolute atomic E-state index is 11.7. The van der Waals surface area contributed by atoms with Crippen LogP contribution in [0.4, 0.5) is 0 Å².